The number of carbonyl (C=O) groups excluding carboxylic acids is 2. The van der Waals surface area contributed by atoms with E-state index >= 15 is 0 Å². The van der Waals surface area contributed by atoms with E-state index in [1.807, 2.05) is 13.8 Å². The minimum atomic E-state index is -0.699. The molecule has 0 amide bonds. The second-order valence-electron chi connectivity index (χ2n) is 4.84. The van der Waals surface area contributed by atoms with E-state index in [-0.39, 0.29) is 11.3 Å². The lowest BCUT2D eigenvalue weighted by Gasteiger charge is -2.01. The summed E-state index contributed by atoms with van der Waals surface area (Å²) in [7, 11) is 2.48. The van der Waals surface area contributed by atoms with Gasteiger partial charge in [0.1, 0.15) is 16.9 Å². The maximum atomic E-state index is 12.2. The summed E-state index contributed by atoms with van der Waals surface area (Å²) >= 11 is 0. The lowest BCUT2D eigenvalue weighted by Crippen LogP contribution is -2.10. The van der Waals surface area contributed by atoms with Gasteiger partial charge in [0.05, 0.1) is 25.1 Å². The molecule has 0 unspecified atom stereocenters. The third-order valence-electron chi connectivity index (χ3n) is 3.70. The monoisotopic (exact) mass is 302 g/mol. The summed E-state index contributed by atoms with van der Waals surface area (Å²) in [5.74, 6) is -0.615. The summed E-state index contributed by atoms with van der Waals surface area (Å²) in [6.45, 7) is 3.72. The number of carbonyl (C=O) groups is 2. The first-order valence-electron chi connectivity index (χ1n) is 6.57. The number of nitrogens with zero attached hydrogens (tertiary/aromatic N) is 2. The van der Waals surface area contributed by atoms with Crippen LogP contribution in [0.1, 0.15) is 32.2 Å². The van der Waals surface area contributed by atoms with E-state index < -0.39 is 11.9 Å². The third kappa shape index (κ3) is 1.78. The van der Waals surface area contributed by atoms with Crippen LogP contribution in [0.3, 0.4) is 0 Å². The number of hydrogen-bond donors (Lipinski definition) is 0. The van der Waals surface area contributed by atoms with E-state index in [1.165, 1.54) is 18.7 Å². The van der Waals surface area contributed by atoms with Crippen LogP contribution in [0, 0.1) is 13.8 Å². The van der Waals surface area contributed by atoms with Gasteiger partial charge in [-0.05, 0) is 19.9 Å². The van der Waals surface area contributed by atoms with Gasteiger partial charge in [-0.2, -0.15) is 5.10 Å². The number of methoxy groups -OCH3 is 2. The maximum absolute atomic E-state index is 12.2. The summed E-state index contributed by atoms with van der Waals surface area (Å²) in [5.41, 5.74) is 1.95. The standard InChI is InChI=1S/C15H14N2O5/c1-7-8(2)22-9-5-6-17-13(10(7)9)11(14(18)20-3)12(16-17)15(19)21-4/h5-6H,1-4H3. The van der Waals surface area contributed by atoms with Crippen molar-refractivity contribution in [3.63, 3.8) is 0 Å². The molecule has 0 saturated carbocycles. The molecule has 0 aliphatic heterocycles. The average molecular weight is 302 g/mol. The smallest absolute Gasteiger partial charge is 0.359 e. The molecule has 0 radical (unpaired) electrons. The van der Waals surface area contributed by atoms with Crippen molar-refractivity contribution >= 4 is 28.4 Å². The van der Waals surface area contributed by atoms with Gasteiger partial charge in [0.2, 0.25) is 0 Å². The molecule has 3 rings (SSSR count). The van der Waals surface area contributed by atoms with E-state index in [0.717, 1.165) is 16.7 Å². The van der Waals surface area contributed by atoms with Crippen molar-refractivity contribution in [1.29, 1.82) is 0 Å². The molecule has 22 heavy (non-hydrogen) atoms. The number of aromatic nitrogens is 2. The van der Waals surface area contributed by atoms with Crippen molar-refractivity contribution in [3.8, 4) is 0 Å². The quantitative estimate of drug-likeness (QED) is 0.675. The first-order valence-corrected chi connectivity index (χ1v) is 6.57. The summed E-state index contributed by atoms with van der Waals surface area (Å²) < 4.78 is 16.6. The van der Waals surface area contributed by atoms with Crippen LogP contribution in [-0.4, -0.2) is 35.8 Å². The highest BCUT2D eigenvalue weighted by Crippen LogP contribution is 2.32. The molecule has 0 saturated heterocycles. The summed E-state index contributed by atoms with van der Waals surface area (Å²) in [4.78, 5) is 24.1. The lowest BCUT2D eigenvalue weighted by atomic mass is 10.1. The SMILES string of the molecule is COC(=O)c1nn2ccc3oc(C)c(C)c3c2c1C(=O)OC. The van der Waals surface area contributed by atoms with Crippen LogP contribution in [0.5, 0.6) is 0 Å². The third-order valence-corrected chi connectivity index (χ3v) is 3.70. The molecule has 0 bridgehead atoms. The highest BCUT2D eigenvalue weighted by molar-refractivity contribution is 6.13. The number of hydrogen-bond acceptors (Lipinski definition) is 6. The van der Waals surface area contributed by atoms with Gasteiger partial charge in [-0.3, -0.25) is 0 Å². The van der Waals surface area contributed by atoms with E-state index in [1.54, 1.807) is 12.3 Å². The Morgan fingerprint density at radius 2 is 1.86 bits per heavy atom. The molecule has 7 nitrogen and oxygen atoms in total. The molecular formula is C15H14N2O5. The molecule has 0 N–H and O–H groups in total. The fraction of sp³-hybridized carbons (Fsp3) is 0.267. The lowest BCUT2D eigenvalue weighted by molar-refractivity contribution is 0.0553. The number of pyridine rings is 1. The number of aryl methyl sites for hydroxylation is 2. The zero-order valence-electron chi connectivity index (χ0n) is 12.6. The van der Waals surface area contributed by atoms with Crippen LogP contribution in [0.15, 0.2) is 16.7 Å². The van der Waals surface area contributed by atoms with Crippen molar-refractivity contribution in [2.24, 2.45) is 0 Å². The van der Waals surface area contributed by atoms with Crippen LogP contribution in [0.25, 0.3) is 16.5 Å². The molecule has 3 aromatic heterocycles. The zero-order chi connectivity index (χ0) is 16.0. The van der Waals surface area contributed by atoms with E-state index in [0.29, 0.717) is 11.1 Å². The second-order valence-corrected chi connectivity index (χ2v) is 4.84. The number of esters is 2. The normalized spacial score (nSPS) is 11.1. The molecule has 0 spiro atoms. The average Bonchev–Trinajstić information content (AvgIpc) is 3.04. The van der Waals surface area contributed by atoms with E-state index in [9.17, 15) is 9.59 Å². The predicted molar refractivity (Wildman–Crippen MR) is 77.1 cm³/mol. The minimum Gasteiger partial charge on any atom is -0.465 e. The Labute approximate surface area is 125 Å². The van der Waals surface area contributed by atoms with Gasteiger partial charge in [-0.15, -0.1) is 0 Å². The number of fused-ring (bicyclic) bond motifs is 3. The highest BCUT2D eigenvalue weighted by atomic mass is 16.5. The number of rotatable bonds is 2. The predicted octanol–water partition coefficient (Wildman–Crippen LogP) is 2.27. The van der Waals surface area contributed by atoms with Gasteiger partial charge in [0.15, 0.2) is 5.69 Å². The van der Waals surface area contributed by atoms with Crippen molar-refractivity contribution in [2.45, 2.75) is 13.8 Å². The Morgan fingerprint density at radius 1 is 1.18 bits per heavy atom. The fourth-order valence-electron chi connectivity index (χ4n) is 2.52. The summed E-state index contributed by atoms with van der Waals surface area (Å²) in [6, 6.07) is 1.73. The molecule has 3 heterocycles. The first-order chi connectivity index (χ1) is 10.5. The van der Waals surface area contributed by atoms with Gasteiger partial charge in [-0.25, -0.2) is 14.1 Å². The molecule has 3 aromatic rings. The molecule has 0 fully saturated rings. The number of ether oxygens (including phenoxy) is 2. The topological polar surface area (TPSA) is 83.0 Å². The Balaban J connectivity index is 2.52. The van der Waals surface area contributed by atoms with Crippen molar-refractivity contribution in [2.75, 3.05) is 14.2 Å². The summed E-state index contributed by atoms with van der Waals surface area (Å²) in [5, 5.41) is 4.88. The molecular weight excluding hydrogens is 288 g/mol. The van der Waals surface area contributed by atoms with Crippen LogP contribution in [0.4, 0.5) is 0 Å². The Bertz CT molecular complexity index is 919. The van der Waals surface area contributed by atoms with Gasteiger partial charge in [-0.1, -0.05) is 0 Å². The largest absolute Gasteiger partial charge is 0.465 e. The van der Waals surface area contributed by atoms with Crippen LogP contribution >= 0.6 is 0 Å². The van der Waals surface area contributed by atoms with Crippen molar-refractivity contribution in [1.82, 2.24) is 9.61 Å². The molecule has 7 heteroatoms. The van der Waals surface area contributed by atoms with E-state index in [2.05, 4.69) is 5.10 Å². The van der Waals surface area contributed by atoms with Gasteiger partial charge >= 0.3 is 11.9 Å². The highest BCUT2D eigenvalue weighted by Gasteiger charge is 2.28. The van der Waals surface area contributed by atoms with Crippen molar-refractivity contribution < 1.29 is 23.5 Å². The van der Waals surface area contributed by atoms with Gasteiger partial charge in [0.25, 0.3) is 0 Å². The molecule has 0 aliphatic rings. The Kier molecular flexibility index (Phi) is 3.13. The Hall–Kier alpha value is -2.83. The minimum absolute atomic E-state index is 0.0730. The maximum Gasteiger partial charge on any atom is 0.359 e. The molecule has 114 valence electrons. The van der Waals surface area contributed by atoms with Gasteiger partial charge < -0.3 is 13.9 Å². The second kappa shape index (κ2) is 4.87. The zero-order valence-corrected chi connectivity index (χ0v) is 12.6. The van der Waals surface area contributed by atoms with Crippen LogP contribution in [0.2, 0.25) is 0 Å². The van der Waals surface area contributed by atoms with Gasteiger partial charge in [0, 0.05) is 11.8 Å². The molecule has 0 atom stereocenters. The molecule has 0 aliphatic carbocycles. The number of furan rings is 1. The van der Waals surface area contributed by atoms with Crippen LogP contribution < -0.4 is 0 Å². The van der Waals surface area contributed by atoms with E-state index in [4.69, 9.17) is 13.9 Å². The van der Waals surface area contributed by atoms with Crippen LogP contribution in [-0.2, 0) is 9.47 Å². The fourth-order valence-corrected chi connectivity index (χ4v) is 2.52. The Morgan fingerprint density at radius 3 is 2.50 bits per heavy atom. The molecule has 0 aromatic carbocycles. The first kappa shape index (κ1) is 14.1. The van der Waals surface area contributed by atoms with Crippen molar-refractivity contribution in [3.05, 3.63) is 34.8 Å². The summed E-state index contributed by atoms with van der Waals surface area (Å²) in [6.07, 6.45) is 1.62.